The Morgan fingerprint density at radius 3 is 2.71 bits per heavy atom. The highest BCUT2D eigenvalue weighted by molar-refractivity contribution is 5.87. The number of nitrogens with zero attached hydrogens (tertiary/aromatic N) is 3. The number of ether oxygens (including phenoxy) is 1. The lowest BCUT2D eigenvalue weighted by Crippen LogP contribution is -2.00. The zero-order valence-corrected chi connectivity index (χ0v) is 11.8. The molecule has 0 saturated heterocycles. The molecule has 0 spiro atoms. The summed E-state index contributed by atoms with van der Waals surface area (Å²) in [5.74, 6) is 5.03. The van der Waals surface area contributed by atoms with Crippen LogP contribution in [0.1, 0.15) is 36.8 Å². The molecule has 2 N–H and O–H groups in total. The number of carboxylic acids is 1. The Bertz CT molecular complexity index is 702. The van der Waals surface area contributed by atoms with Crippen LogP contribution in [0.25, 0.3) is 0 Å². The Morgan fingerprint density at radius 1 is 1.38 bits per heavy atom. The number of H-pyrrole nitrogens is 1. The Morgan fingerprint density at radius 2 is 2.14 bits per heavy atom. The van der Waals surface area contributed by atoms with E-state index in [2.05, 4.69) is 32.2 Å². The molecule has 0 aliphatic rings. The first-order valence-corrected chi connectivity index (χ1v) is 6.16. The Kier molecular flexibility index (Phi) is 3.89. The largest absolute Gasteiger partial charge is 0.476 e. The van der Waals surface area contributed by atoms with Crippen molar-refractivity contribution < 1.29 is 14.6 Å². The average Bonchev–Trinajstić information content (AvgIpc) is 2.85. The van der Waals surface area contributed by atoms with Gasteiger partial charge in [-0.25, -0.2) is 14.9 Å². The first-order chi connectivity index (χ1) is 9.85. The summed E-state index contributed by atoms with van der Waals surface area (Å²) in [7, 11) is 0. The predicted octanol–water partition coefficient (Wildman–Crippen LogP) is 2.09. The quantitative estimate of drug-likeness (QED) is 0.838. The van der Waals surface area contributed by atoms with Crippen LogP contribution in [0.5, 0.6) is 11.8 Å². The van der Waals surface area contributed by atoms with Gasteiger partial charge in [-0.15, -0.1) is 5.10 Å². The fourth-order valence-corrected chi connectivity index (χ4v) is 1.31. The van der Waals surface area contributed by atoms with Gasteiger partial charge in [0.25, 0.3) is 5.88 Å². The highest BCUT2D eigenvalue weighted by Crippen LogP contribution is 2.19. The van der Waals surface area contributed by atoms with Gasteiger partial charge in [0.15, 0.2) is 0 Å². The Hall–Kier alpha value is -2.88. The summed E-state index contributed by atoms with van der Waals surface area (Å²) < 4.78 is 5.29. The fourth-order valence-electron chi connectivity index (χ4n) is 1.31. The number of carboxylic acid groups (broad SMARTS) is 1. The number of hydrogen-bond donors (Lipinski definition) is 2. The van der Waals surface area contributed by atoms with Crippen molar-refractivity contribution in [2.45, 2.75) is 20.8 Å². The van der Waals surface area contributed by atoms with E-state index in [1.54, 1.807) is 18.3 Å². The Labute approximate surface area is 121 Å². The van der Waals surface area contributed by atoms with Crippen molar-refractivity contribution in [3.63, 3.8) is 0 Å². The maximum atomic E-state index is 10.9. The van der Waals surface area contributed by atoms with E-state index in [9.17, 15) is 4.79 Å². The molecule has 0 unspecified atom stereocenters. The Balaban J connectivity index is 2.14. The van der Waals surface area contributed by atoms with Crippen LogP contribution in [-0.2, 0) is 0 Å². The number of hydrogen-bond acceptors (Lipinski definition) is 5. The number of aromatic amines is 1. The lowest BCUT2D eigenvalue weighted by atomic mass is 9.97. The van der Waals surface area contributed by atoms with E-state index >= 15 is 0 Å². The summed E-state index contributed by atoms with van der Waals surface area (Å²) >= 11 is 0. The van der Waals surface area contributed by atoms with Gasteiger partial charge < -0.3 is 9.84 Å². The smallest absolute Gasteiger partial charge is 0.362 e. The summed E-state index contributed by atoms with van der Waals surface area (Å²) in [5.41, 5.74) is 0.361. The van der Waals surface area contributed by atoms with Crippen LogP contribution >= 0.6 is 0 Å². The molecule has 0 aliphatic carbocycles. The van der Waals surface area contributed by atoms with Gasteiger partial charge in [0.05, 0.1) is 0 Å². The molecule has 2 rings (SSSR count). The van der Waals surface area contributed by atoms with Crippen molar-refractivity contribution in [2.24, 2.45) is 5.41 Å². The number of carbonyl (C=O) groups is 1. The molecule has 0 amide bonds. The van der Waals surface area contributed by atoms with Gasteiger partial charge in [0, 0.05) is 23.2 Å². The minimum Gasteiger partial charge on any atom is -0.476 e. The van der Waals surface area contributed by atoms with Gasteiger partial charge in [-0.3, -0.25) is 0 Å². The molecule has 2 aromatic rings. The monoisotopic (exact) mass is 286 g/mol. The zero-order chi connectivity index (χ0) is 15.5. The van der Waals surface area contributed by atoms with E-state index in [1.807, 2.05) is 20.8 Å². The van der Waals surface area contributed by atoms with Gasteiger partial charge >= 0.3 is 5.97 Å². The van der Waals surface area contributed by atoms with Gasteiger partial charge in [0.2, 0.25) is 11.6 Å². The molecule has 0 aromatic carbocycles. The zero-order valence-electron chi connectivity index (χ0n) is 11.8. The molecule has 0 saturated carbocycles. The second kappa shape index (κ2) is 5.63. The number of aromatic carboxylic acids is 1. The first-order valence-electron chi connectivity index (χ1n) is 6.16. The van der Waals surface area contributed by atoms with Crippen LogP contribution in [0.15, 0.2) is 18.3 Å². The van der Waals surface area contributed by atoms with Crippen molar-refractivity contribution in [1.29, 1.82) is 0 Å². The van der Waals surface area contributed by atoms with Crippen LogP contribution in [0, 0.1) is 17.3 Å². The minimum absolute atomic E-state index is 0.0662. The third-order valence-electron chi connectivity index (χ3n) is 2.24. The topological polar surface area (TPSA) is 101 Å². The molecule has 7 nitrogen and oxygen atoms in total. The molecular weight excluding hydrogens is 272 g/mol. The molecule has 0 aliphatic heterocycles. The fraction of sp³-hybridized carbons (Fsp3) is 0.286. The molecular formula is C14H14N4O3. The van der Waals surface area contributed by atoms with Crippen LogP contribution in [0.4, 0.5) is 0 Å². The maximum Gasteiger partial charge on any atom is 0.362 e. The minimum atomic E-state index is -1.23. The third-order valence-corrected chi connectivity index (χ3v) is 2.24. The van der Waals surface area contributed by atoms with Crippen molar-refractivity contribution in [3.8, 4) is 23.6 Å². The standard InChI is InChI=1S/C14H14N4O3/c1-14(2,3)7-6-9-4-5-10(15-8-9)21-12-11(13(19)20)16-18-17-12/h4-5,8H,1-3H3,(H,19,20)(H,16,17,18). The molecule has 0 radical (unpaired) electrons. The molecule has 2 heterocycles. The average molecular weight is 286 g/mol. The highest BCUT2D eigenvalue weighted by atomic mass is 16.5. The lowest BCUT2D eigenvalue weighted by molar-refractivity contribution is 0.0687. The number of rotatable bonds is 3. The van der Waals surface area contributed by atoms with Gasteiger partial charge in [-0.2, -0.15) is 0 Å². The summed E-state index contributed by atoms with van der Waals surface area (Å²) in [6, 6.07) is 3.34. The molecule has 2 aromatic heterocycles. The van der Waals surface area contributed by atoms with Crippen molar-refractivity contribution >= 4 is 5.97 Å². The van der Waals surface area contributed by atoms with E-state index in [-0.39, 0.29) is 22.9 Å². The van der Waals surface area contributed by atoms with E-state index in [1.165, 1.54) is 0 Å². The molecule has 21 heavy (non-hydrogen) atoms. The van der Waals surface area contributed by atoms with Crippen LogP contribution in [0.3, 0.4) is 0 Å². The van der Waals surface area contributed by atoms with Crippen molar-refractivity contribution in [1.82, 2.24) is 20.4 Å². The summed E-state index contributed by atoms with van der Waals surface area (Å²) in [5, 5.41) is 18.0. The second-order valence-corrected chi connectivity index (χ2v) is 5.28. The van der Waals surface area contributed by atoms with Gasteiger partial charge in [-0.1, -0.05) is 17.1 Å². The van der Waals surface area contributed by atoms with Crippen LogP contribution < -0.4 is 4.74 Å². The molecule has 0 bridgehead atoms. The molecule has 7 heteroatoms. The van der Waals surface area contributed by atoms with E-state index in [0.717, 1.165) is 5.56 Å². The highest BCUT2D eigenvalue weighted by Gasteiger charge is 2.17. The molecule has 108 valence electrons. The first kappa shape index (κ1) is 14.5. The van der Waals surface area contributed by atoms with Gasteiger partial charge in [-0.05, 0) is 26.8 Å². The molecule has 0 fully saturated rings. The third kappa shape index (κ3) is 4.04. The maximum absolute atomic E-state index is 10.9. The number of nitrogens with one attached hydrogen (secondary N) is 1. The van der Waals surface area contributed by atoms with E-state index in [4.69, 9.17) is 9.84 Å². The second-order valence-electron chi connectivity index (χ2n) is 5.28. The summed E-state index contributed by atoms with van der Waals surface area (Å²) in [6.07, 6.45) is 1.55. The summed E-state index contributed by atoms with van der Waals surface area (Å²) in [4.78, 5) is 14.9. The SMILES string of the molecule is CC(C)(C)C#Cc1ccc(Oc2[nH]nnc2C(=O)O)nc1. The number of aromatic nitrogens is 4. The lowest BCUT2D eigenvalue weighted by Gasteiger charge is -2.06. The number of pyridine rings is 1. The molecule has 0 atom stereocenters. The van der Waals surface area contributed by atoms with Crippen molar-refractivity contribution in [2.75, 3.05) is 0 Å². The van der Waals surface area contributed by atoms with Crippen LogP contribution in [0.2, 0.25) is 0 Å². The van der Waals surface area contributed by atoms with E-state index < -0.39 is 5.97 Å². The van der Waals surface area contributed by atoms with E-state index in [0.29, 0.717) is 0 Å². The van der Waals surface area contributed by atoms with Crippen molar-refractivity contribution in [3.05, 3.63) is 29.6 Å². The van der Waals surface area contributed by atoms with Crippen LogP contribution in [-0.4, -0.2) is 31.5 Å². The summed E-state index contributed by atoms with van der Waals surface area (Å²) in [6.45, 7) is 6.05. The normalized spacial score (nSPS) is 10.6. The van der Waals surface area contributed by atoms with Gasteiger partial charge in [0.1, 0.15) is 0 Å². The predicted molar refractivity (Wildman–Crippen MR) is 74.0 cm³/mol.